The maximum absolute atomic E-state index is 5.70. The third-order valence-electron chi connectivity index (χ3n) is 3.54. The Morgan fingerprint density at radius 1 is 1.37 bits per heavy atom. The molecule has 0 spiro atoms. The molecular formula is C15H19N3O. The first-order valence-electron chi connectivity index (χ1n) is 6.75. The Balaban J connectivity index is 1.76. The van der Waals surface area contributed by atoms with Gasteiger partial charge >= 0.3 is 0 Å². The molecule has 3 rings (SSSR count). The van der Waals surface area contributed by atoms with Crippen LogP contribution in [0.2, 0.25) is 0 Å². The van der Waals surface area contributed by atoms with E-state index < -0.39 is 0 Å². The smallest absolute Gasteiger partial charge is 0.122 e. The molecule has 4 heteroatoms. The van der Waals surface area contributed by atoms with E-state index >= 15 is 0 Å². The van der Waals surface area contributed by atoms with Crippen LogP contribution in [0.15, 0.2) is 36.5 Å². The molecule has 1 N–H and O–H groups in total. The van der Waals surface area contributed by atoms with Gasteiger partial charge in [0.05, 0.1) is 12.3 Å². The van der Waals surface area contributed by atoms with Crippen molar-refractivity contribution in [2.75, 3.05) is 13.7 Å². The Bertz CT molecular complexity index is 550. The zero-order chi connectivity index (χ0) is 13.1. The van der Waals surface area contributed by atoms with Crippen LogP contribution in [0.3, 0.4) is 0 Å². The number of para-hydroxylation sites is 1. The maximum Gasteiger partial charge on any atom is 0.122 e. The van der Waals surface area contributed by atoms with E-state index in [2.05, 4.69) is 40.9 Å². The molecule has 0 saturated heterocycles. The highest BCUT2D eigenvalue weighted by atomic mass is 16.5. The van der Waals surface area contributed by atoms with Crippen molar-refractivity contribution in [1.82, 2.24) is 15.1 Å². The lowest BCUT2D eigenvalue weighted by Crippen LogP contribution is -2.19. The summed E-state index contributed by atoms with van der Waals surface area (Å²) in [4.78, 5) is 0. The average Bonchev–Trinajstić information content (AvgIpc) is 2.87. The van der Waals surface area contributed by atoms with Crippen LogP contribution >= 0.6 is 0 Å². The van der Waals surface area contributed by atoms with E-state index in [1.54, 1.807) is 0 Å². The summed E-state index contributed by atoms with van der Waals surface area (Å²) in [6.45, 7) is 2.54. The average molecular weight is 257 g/mol. The fourth-order valence-electron chi connectivity index (χ4n) is 2.61. The van der Waals surface area contributed by atoms with Crippen LogP contribution in [0.5, 0.6) is 5.75 Å². The third-order valence-corrected chi connectivity index (χ3v) is 3.54. The number of nitrogens with zero attached hydrogens (tertiary/aromatic N) is 2. The van der Waals surface area contributed by atoms with E-state index in [9.17, 15) is 0 Å². The summed E-state index contributed by atoms with van der Waals surface area (Å²) in [6, 6.07) is 10.4. The quantitative estimate of drug-likeness (QED) is 0.912. The number of aromatic nitrogens is 2. The van der Waals surface area contributed by atoms with Gasteiger partial charge in [0, 0.05) is 25.2 Å². The van der Waals surface area contributed by atoms with E-state index in [-0.39, 0.29) is 0 Å². The van der Waals surface area contributed by atoms with Crippen LogP contribution in [0.1, 0.15) is 23.6 Å². The molecule has 1 unspecified atom stereocenters. The summed E-state index contributed by atoms with van der Waals surface area (Å²) in [6.07, 6.45) is 3.11. The summed E-state index contributed by atoms with van der Waals surface area (Å²) < 4.78 is 7.74. The van der Waals surface area contributed by atoms with Crippen molar-refractivity contribution in [3.63, 3.8) is 0 Å². The second-order valence-electron chi connectivity index (χ2n) is 4.93. The number of hydrogen-bond acceptors (Lipinski definition) is 3. The summed E-state index contributed by atoms with van der Waals surface area (Å²) in [5, 5.41) is 7.70. The lowest BCUT2D eigenvalue weighted by Gasteiger charge is -2.25. The Morgan fingerprint density at radius 2 is 2.26 bits per heavy atom. The minimum Gasteiger partial charge on any atom is -0.493 e. The number of benzene rings is 1. The summed E-state index contributed by atoms with van der Waals surface area (Å²) in [5.41, 5.74) is 2.39. The normalized spacial score (nSPS) is 17.8. The fourth-order valence-corrected chi connectivity index (χ4v) is 2.61. The van der Waals surface area contributed by atoms with Crippen LogP contribution in [-0.4, -0.2) is 23.4 Å². The van der Waals surface area contributed by atoms with Crippen molar-refractivity contribution in [2.45, 2.75) is 25.4 Å². The van der Waals surface area contributed by atoms with Gasteiger partial charge in [-0.25, -0.2) is 0 Å². The number of nitrogens with one attached hydrogen (secondary N) is 1. The predicted octanol–water partition coefficient (Wildman–Crippen LogP) is 2.17. The van der Waals surface area contributed by atoms with Crippen molar-refractivity contribution >= 4 is 0 Å². The van der Waals surface area contributed by atoms with Crippen LogP contribution < -0.4 is 10.1 Å². The molecule has 0 saturated carbocycles. The van der Waals surface area contributed by atoms with E-state index in [0.717, 1.165) is 37.6 Å². The van der Waals surface area contributed by atoms with Crippen molar-refractivity contribution < 1.29 is 4.74 Å². The molecule has 4 nitrogen and oxygen atoms in total. The SMILES string of the molecule is CNCc1ccn(CC2CCOc3ccccc32)n1. The lowest BCUT2D eigenvalue weighted by atomic mass is 9.93. The van der Waals surface area contributed by atoms with E-state index in [1.807, 2.05) is 17.8 Å². The molecule has 1 aliphatic rings. The minimum absolute atomic E-state index is 0.493. The van der Waals surface area contributed by atoms with E-state index in [1.165, 1.54) is 5.56 Å². The third kappa shape index (κ3) is 2.63. The molecule has 0 radical (unpaired) electrons. The molecule has 1 aliphatic heterocycles. The monoisotopic (exact) mass is 257 g/mol. The number of hydrogen-bond donors (Lipinski definition) is 1. The van der Waals surface area contributed by atoms with Gasteiger partial charge in [0.2, 0.25) is 0 Å². The standard InChI is InChI=1S/C15H19N3O/c1-16-10-13-6-8-18(17-13)11-12-7-9-19-15-5-3-2-4-14(12)15/h2-6,8,12,16H,7,9-11H2,1H3. The highest BCUT2D eigenvalue weighted by Gasteiger charge is 2.21. The highest BCUT2D eigenvalue weighted by molar-refractivity contribution is 5.37. The molecular weight excluding hydrogens is 238 g/mol. The first-order valence-corrected chi connectivity index (χ1v) is 6.75. The van der Waals surface area contributed by atoms with Gasteiger partial charge in [-0.05, 0) is 31.2 Å². The Hall–Kier alpha value is -1.81. The molecule has 1 aromatic heterocycles. The molecule has 2 aromatic rings. The van der Waals surface area contributed by atoms with Gasteiger partial charge in [0.25, 0.3) is 0 Å². The second-order valence-corrected chi connectivity index (χ2v) is 4.93. The van der Waals surface area contributed by atoms with Crippen LogP contribution in [0.25, 0.3) is 0 Å². The molecule has 1 atom stereocenters. The maximum atomic E-state index is 5.70. The molecule has 0 amide bonds. The molecule has 0 fully saturated rings. The molecule has 2 heterocycles. The summed E-state index contributed by atoms with van der Waals surface area (Å²) in [7, 11) is 1.94. The topological polar surface area (TPSA) is 39.1 Å². The zero-order valence-electron chi connectivity index (χ0n) is 11.2. The largest absolute Gasteiger partial charge is 0.493 e. The van der Waals surface area contributed by atoms with Gasteiger partial charge in [0.1, 0.15) is 5.75 Å². The predicted molar refractivity (Wildman–Crippen MR) is 74.3 cm³/mol. The molecule has 100 valence electrons. The first kappa shape index (κ1) is 12.2. The van der Waals surface area contributed by atoms with E-state index in [4.69, 9.17) is 4.74 Å². The summed E-state index contributed by atoms with van der Waals surface area (Å²) in [5.74, 6) is 1.52. The number of fused-ring (bicyclic) bond motifs is 1. The van der Waals surface area contributed by atoms with Crippen molar-refractivity contribution in [3.8, 4) is 5.75 Å². The first-order chi connectivity index (χ1) is 9.36. The van der Waals surface area contributed by atoms with Crippen LogP contribution in [0, 0.1) is 0 Å². The van der Waals surface area contributed by atoms with Gasteiger partial charge in [-0.2, -0.15) is 5.10 Å². The molecule has 0 aliphatic carbocycles. The zero-order valence-corrected chi connectivity index (χ0v) is 11.2. The van der Waals surface area contributed by atoms with Gasteiger partial charge in [-0.1, -0.05) is 18.2 Å². The van der Waals surface area contributed by atoms with Gasteiger partial charge < -0.3 is 10.1 Å². The number of rotatable bonds is 4. The molecule has 0 bridgehead atoms. The Kier molecular flexibility index (Phi) is 3.51. The number of ether oxygens (including phenoxy) is 1. The Morgan fingerprint density at radius 3 is 3.16 bits per heavy atom. The lowest BCUT2D eigenvalue weighted by molar-refractivity contribution is 0.256. The van der Waals surface area contributed by atoms with Gasteiger partial charge in [-0.3, -0.25) is 4.68 Å². The minimum atomic E-state index is 0.493. The second kappa shape index (κ2) is 5.45. The Labute approximate surface area is 113 Å². The molecule has 1 aromatic carbocycles. The van der Waals surface area contributed by atoms with Crippen molar-refractivity contribution in [1.29, 1.82) is 0 Å². The highest BCUT2D eigenvalue weighted by Crippen LogP contribution is 2.34. The fraction of sp³-hybridized carbons (Fsp3) is 0.400. The van der Waals surface area contributed by atoms with Gasteiger partial charge in [0.15, 0.2) is 0 Å². The van der Waals surface area contributed by atoms with Crippen molar-refractivity contribution in [3.05, 3.63) is 47.8 Å². The van der Waals surface area contributed by atoms with Gasteiger partial charge in [-0.15, -0.1) is 0 Å². The van der Waals surface area contributed by atoms with Crippen LogP contribution in [-0.2, 0) is 13.1 Å². The van der Waals surface area contributed by atoms with Crippen molar-refractivity contribution in [2.24, 2.45) is 0 Å². The molecule has 19 heavy (non-hydrogen) atoms. The van der Waals surface area contributed by atoms with Crippen LogP contribution in [0.4, 0.5) is 0 Å². The summed E-state index contributed by atoms with van der Waals surface area (Å²) >= 11 is 0. The van der Waals surface area contributed by atoms with E-state index in [0.29, 0.717) is 5.92 Å².